The third-order valence-corrected chi connectivity index (χ3v) is 5.60. The molecule has 2 N–H and O–H groups in total. The van der Waals surface area contributed by atoms with Gasteiger partial charge in [-0.2, -0.15) is 0 Å². The molecule has 0 saturated carbocycles. The van der Waals surface area contributed by atoms with E-state index >= 15 is 0 Å². The third kappa shape index (κ3) is 10.5. The second-order valence-corrected chi connectivity index (χ2v) is 8.75. The molecule has 4 rings (SSSR count). The Kier molecular flexibility index (Phi) is 13.2. The number of hydrogen-bond donors (Lipinski definition) is 2. The van der Waals surface area contributed by atoms with Crippen LogP contribution in [-0.2, 0) is 41.8 Å². The first-order valence-corrected chi connectivity index (χ1v) is 11.9. The molecule has 0 spiro atoms. The van der Waals surface area contributed by atoms with E-state index in [1.807, 2.05) is 25.1 Å². The summed E-state index contributed by atoms with van der Waals surface area (Å²) in [4.78, 5) is 17.2. The number of carboxylic acids is 1. The Labute approximate surface area is 224 Å². The number of nitrogens with zero attached hydrogens (tertiary/aromatic N) is 3. The largest absolute Gasteiger partial charge is 0.572 e. The normalized spacial score (nSPS) is 9.86. The number of rotatable bonds is 5. The number of aliphatic hydroxyl groups is 1. The van der Waals surface area contributed by atoms with E-state index in [2.05, 4.69) is 14.7 Å². The molecule has 0 aliphatic carbocycles. The molecular weight excluding hydrogens is 573 g/mol. The second kappa shape index (κ2) is 15.6. The maximum atomic E-state index is 12.6. The van der Waals surface area contributed by atoms with E-state index in [1.54, 1.807) is 79.3 Å². The van der Waals surface area contributed by atoms with Gasteiger partial charge in [0.05, 0.1) is 17.2 Å². The first-order valence-electron chi connectivity index (χ1n) is 10.5. The number of sulfonamides is 1. The van der Waals surface area contributed by atoms with Gasteiger partial charge in [0.1, 0.15) is 10.0 Å². The SMILES string of the molecule is CC(=O)O.Cc1ccc(S(=O)(=O)[N-]c2ccccc2-c2cc(CO)ccn2)cc1.[Pd].c1ccncc1. The Morgan fingerprint density at radius 1 is 0.917 bits per heavy atom. The van der Waals surface area contributed by atoms with E-state index in [1.165, 1.54) is 0 Å². The van der Waals surface area contributed by atoms with Crippen LogP contribution in [0.5, 0.6) is 0 Å². The van der Waals surface area contributed by atoms with E-state index < -0.39 is 16.0 Å². The van der Waals surface area contributed by atoms with Gasteiger partial charge < -0.3 is 14.9 Å². The summed E-state index contributed by atoms with van der Waals surface area (Å²) < 4.78 is 29.2. The molecule has 0 unspecified atom stereocenters. The fourth-order valence-electron chi connectivity index (χ4n) is 2.69. The van der Waals surface area contributed by atoms with Crippen molar-refractivity contribution < 1.29 is 43.8 Å². The maximum absolute atomic E-state index is 12.6. The summed E-state index contributed by atoms with van der Waals surface area (Å²) in [7, 11) is -3.83. The number of benzene rings is 2. The summed E-state index contributed by atoms with van der Waals surface area (Å²) >= 11 is 0. The summed E-state index contributed by atoms with van der Waals surface area (Å²) in [5, 5.41) is 16.7. The maximum Gasteiger partial charge on any atom is 0.300 e. The average molecular weight is 599 g/mol. The Balaban J connectivity index is 0.000000495. The van der Waals surface area contributed by atoms with Crippen molar-refractivity contribution in [2.45, 2.75) is 25.3 Å². The predicted molar refractivity (Wildman–Crippen MR) is 135 cm³/mol. The molecular formula is C26H26N3O5PdS-. The van der Waals surface area contributed by atoms with Crippen molar-refractivity contribution in [3.8, 4) is 11.3 Å². The Hall–Kier alpha value is -3.42. The number of carbonyl (C=O) groups is 1. The monoisotopic (exact) mass is 598 g/mol. The minimum absolute atomic E-state index is 0. The van der Waals surface area contributed by atoms with Crippen LogP contribution >= 0.6 is 0 Å². The Morgan fingerprint density at radius 2 is 1.53 bits per heavy atom. The van der Waals surface area contributed by atoms with Crippen LogP contribution in [0.1, 0.15) is 18.1 Å². The smallest absolute Gasteiger partial charge is 0.300 e. The van der Waals surface area contributed by atoms with Crippen LogP contribution in [0, 0.1) is 6.92 Å². The van der Waals surface area contributed by atoms with Crippen LogP contribution in [0.15, 0.2) is 102 Å². The van der Waals surface area contributed by atoms with Gasteiger partial charge in [-0.05, 0) is 54.4 Å². The van der Waals surface area contributed by atoms with Gasteiger partial charge in [-0.25, -0.2) is 8.42 Å². The fraction of sp³-hybridized carbons (Fsp3) is 0.115. The molecule has 8 nitrogen and oxygen atoms in total. The van der Waals surface area contributed by atoms with Crippen molar-refractivity contribution in [2.75, 3.05) is 0 Å². The van der Waals surface area contributed by atoms with Crippen LogP contribution in [-0.4, -0.2) is 34.6 Å². The fourth-order valence-corrected chi connectivity index (χ4v) is 3.70. The molecule has 36 heavy (non-hydrogen) atoms. The van der Waals surface area contributed by atoms with Gasteiger partial charge in [0.15, 0.2) is 0 Å². The average Bonchev–Trinajstić information content (AvgIpc) is 2.85. The molecule has 4 aromatic rings. The first kappa shape index (κ1) is 30.6. The van der Waals surface area contributed by atoms with E-state index in [0.717, 1.165) is 12.5 Å². The van der Waals surface area contributed by atoms with Gasteiger partial charge in [0.2, 0.25) is 0 Å². The number of aryl methyl sites for hydroxylation is 1. The van der Waals surface area contributed by atoms with E-state index in [-0.39, 0.29) is 31.9 Å². The molecule has 2 aromatic carbocycles. The van der Waals surface area contributed by atoms with Crippen molar-refractivity contribution >= 4 is 21.7 Å². The summed E-state index contributed by atoms with van der Waals surface area (Å²) in [5.41, 5.74) is 3.13. The number of aliphatic hydroxyl groups excluding tert-OH is 1. The van der Waals surface area contributed by atoms with E-state index in [4.69, 9.17) is 9.90 Å². The molecule has 0 aliphatic rings. The minimum Gasteiger partial charge on any atom is -0.572 e. The van der Waals surface area contributed by atoms with Gasteiger partial charge >= 0.3 is 0 Å². The summed E-state index contributed by atoms with van der Waals surface area (Å²) in [6.07, 6.45) is 5.08. The van der Waals surface area contributed by atoms with Crippen molar-refractivity contribution in [2.24, 2.45) is 0 Å². The van der Waals surface area contributed by atoms with Gasteiger partial charge in [0, 0.05) is 45.9 Å². The number of pyridine rings is 2. The molecule has 0 radical (unpaired) electrons. The molecule has 0 saturated heterocycles. The zero-order valence-electron chi connectivity index (χ0n) is 19.6. The van der Waals surface area contributed by atoms with Crippen LogP contribution in [0.4, 0.5) is 5.69 Å². The van der Waals surface area contributed by atoms with Crippen LogP contribution in [0.25, 0.3) is 16.0 Å². The summed E-state index contributed by atoms with van der Waals surface area (Å²) in [5.74, 6) is -0.833. The molecule has 10 heteroatoms. The van der Waals surface area contributed by atoms with Gasteiger partial charge in [-0.15, -0.1) is 5.69 Å². The number of hydrogen-bond acceptors (Lipinski definition) is 6. The van der Waals surface area contributed by atoms with Crippen LogP contribution in [0.3, 0.4) is 0 Å². The quantitative estimate of drug-likeness (QED) is 0.305. The predicted octanol–water partition coefficient (Wildman–Crippen LogP) is 5.11. The standard InChI is InChI=1S/C19H17N2O3S.C5H5N.C2H4O2.Pd/c1-14-6-8-16(9-7-14)25(23,24)21-18-5-3-2-4-17(18)19-12-15(13-22)10-11-20-19;1-2-4-6-5-3-1;1-2(3)4;/h2-12,22H,13H2,1H3;1-5H;1H3,(H,3,4);/q-1;;;. The minimum atomic E-state index is -3.83. The molecule has 0 fully saturated rings. The first-order chi connectivity index (χ1) is 16.7. The molecule has 2 heterocycles. The Morgan fingerprint density at radius 3 is 2.06 bits per heavy atom. The van der Waals surface area contributed by atoms with Crippen molar-refractivity contribution in [3.05, 3.63) is 113 Å². The second-order valence-electron chi connectivity index (χ2n) is 7.15. The zero-order valence-corrected chi connectivity index (χ0v) is 22.0. The van der Waals surface area contributed by atoms with E-state index in [0.29, 0.717) is 22.5 Å². The summed E-state index contributed by atoms with van der Waals surface area (Å²) in [6, 6.07) is 22.6. The van der Waals surface area contributed by atoms with Crippen LogP contribution in [0.2, 0.25) is 0 Å². The Bertz CT molecular complexity index is 1290. The topological polar surface area (TPSA) is 132 Å². The molecule has 0 aliphatic heterocycles. The third-order valence-electron chi connectivity index (χ3n) is 4.29. The molecule has 2 aromatic heterocycles. The molecule has 0 atom stereocenters. The molecule has 0 amide bonds. The van der Waals surface area contributed by atoms with Crippen molar-refractivity contribution in [1.82, 2.24) is 9.97 Å². The van der Waals surface area contributed by atoms with Crippen LogP contribution < -0.4 is 0 Å². The molecule has 0 bridgehead atoms. The van der Waals surface area contributed by atoms with Gasteiger partial charge in [-0.1, -0.05) is 48.0 Å². The van der Waals surface area contributed by atoms with E-state index in [9.17, 15) is 13.5 Å². The van der Waals surface area contributed by atoms with Gasteiger partial charge in [0.25, 0.3) is 5.97 Å². The number of carboxylic acid groups (broad SMARTS) is 1. The number of aliphatic carboxylic acids is 1. The zero-order chi connectivity index (χ0) is 25.7. The summed E-state index contributed by atoms with van der Waals surface area (Å²) in [6.45, 7) is 2.86. The van der Waals surface area contributed by atoms with Crippen molar-refractivity contribution in [3.63, 3.8) is 0 Å². The number of aromatic nitrogens is 2. The van der Waals surface area contributed by atoms with Gasteiger partial charge in [-0.3, -0.25) is 14.8 Å². The van der Waals surface area contributed by atoms with Crippen molar-refractivity contribution in [1.29, 1.82) is 0 Å². The molecule has 192 valence electrons.